The highest BCUT2D eigenvalue weighted by atomic mass is 35.5. The SMILES string of the molecule is CC(C)c1nnc2n1CCN(c1cc(Cl)nc(C3CC3)n1)C2C. The van der Waals surface area contributed by atoms with Gasteiger partial charge in [-0.05, 0) is 19.8 Å². The molecule has 1 unspecified atom stereocenters. The predicted molar refractivity (Wildman–Crippen MR) is 88.9 cm³/mol. The second-order valence-electron chi connectivity index (χ2n) is 6.77. The zero-order chi connectivity index (χ0) is 16.1. The Morgan fingerprint density at radius 1 is 1.17 bits per heavy atom. The minimum Gasteiger partial charge on any atom is -0.345 e. The molecule has 1 saturated carbocycles. The van der Waals surface area contributed by atoms with Crippen molar-refractivity contribution in [2.24, 2.45) is 0 Å². The lowest BCUT2D eigenvalue weighted by atomic mass is 10.1. The van der Waals surface area contributed by atoms with Gasteiger partial charge in [0.05, 0.1) is 6.04 Å². The first kappa shape index (κ1) is 14.9. The van der Waals surface area contributed by atoms with Crippen molar-refractivity contribution >= 4 is 17.4 Å². The van der Waals surface area contributed by atoms with E-state index in [1.165, 1.54) is 12.8 Å². The highest BCUT2D eigenvalue weighted by Crippen LogP contribution is 2.40. The van der Waals surface area contributed by atoms with E-state index in [0.29, 0.717) is 17.0 Å². The molecular formula is C16H21ClN6. The fourth-order valence-corrected chi connectivity index (χ4v) is 3.43. The number of rotatable bonds is 3. The molecule has 0 N–H and O–H groups in total. The standard InChI is InChI=1S/C16H21ClN6/c1-9(2)15-20-21-16-10(3)22(6-7-23(15)16)13-8-12(17)18-14(19-13)11-4-5-11/h8-11H,4-7H2,1-3H3. The first-order chi connectivity index (χ1) is 11.0. The van der Waals surface area contributed by atoms with Gasteiger partial charge in [0.15, 0.2) is 5.82 Å². The van der Waals surface area contributed by atoms with Gasteiger partial charge in [0.1, 0.15) is 22.6 Å². The lowest BCUT2D eigenvalue weighted by Crippen LogP contribution is -2.38. The monoisotopic (exact) mass is 332 g/mol. The molecule has 2 aliphatic rings. The molecule has 1 aliphatic heterocycles. The van der Waals surface area contributed by atoms with Crippen LogP contribution in [0.1, 0.15) is 69.0 Å². The summed E-state index contributed by atoms with van der Waals surface area (Å²) in [5.41, 5.74) is 0. The maximum Gasteiger partial charge on any atom is 0.155 e. The minimum absolute atomic E-state index is 0.127. The quantitative estimate of drug-likeness (QED) is 0.807. The molecule has 122 valence electrons. The van der Waals surface area contributed by atoms with Crippen molar-refractivity contribution in [3.8, 4) is 0 Å². The maximum absolute atomic E-state index is 6.22. The highest BCUT2D eigenvalue weighted by molar-refractivity contribution is 6.29. The lowest BCUT2D eigenvalue weighted by molar-refractivity contribution is 0.476. The Kier molecular flexibility index (Phi) is 3.52. The van der Waals surface area contributed by atoms with Crippen LogP contribution in [0.15, 0.2) is 6.07 Å². The fourth-order valence-electron chi connectivity index (χ4n) is 3.24. The molecule has 0 saturated heterocycles. The van der Waals surface area contributed by atoms with Crippen LogP contribution in [0.3, 0.4) is 0 Å². The number of anilines is 1. The zero-order valence-corrected chi connectivity index (χ0v) is 14.5. The Morgan fingerprint density at radius 2 is 1.96 bits per heavy atom. The largest absolute Gasteiger partial charge is 0.345 e. The van der Waals surface area contributed by atoms with Gasteiger partial charge in [-0.25, -0.2) is 9.97 Å². The maximum atomic E-state index is 6.22. The lowest BCUT2D eigenvalue weighted by Gasteiger charge is -2.35. The molecule has 2 aromatic rings. The normalized spacial score (nSPS) is 20.9. The number of aromatic nitrogens is 5. The highest BCUT2D eigenvalue weighted by Gasteiger charge is 2.32. The van der Waals surface area contributed by atoms with E-state index in [4.69, 9.17) is 16.6 Å². The van der Waals surface area contributed by atoms with E-state index < -0.39 is 0 Å². The van der Waals surface area contributed by atoms with E-state index in [1.54, 1.807) is 0 Å². The number of halogens is 1. The van der Waals surface area contributed by atoms with Crippen molar-refractivity contribution in [2.45, 2.75) is 58.0 Å². The predicted octanol–water partition coefficient (Wildman–Crippen LogP) is 3.30. The number of nitrogens with zero attached hydrogens (tertiary/aromatic N) is 6. The Morgan fingerprint density at radius 3 is 2.65 bits per heavy atom. The Hall–Kier alpha value is -1.69. The van der Waals surface area contributed by atoms with E-state index in [2.05, 4.69) is 45.4 Å². The van der Waals surface area contributed by atoms with Gasteiger partial charge in [0.25, 0.3) is 0 Å². The summed E-state index contributed by atoms with van der Waals surface area (Å²) in [7, 11) is 0. The molecule has 0 aromatic carbocycles. The molecule has 6 nitrogen and oxygen atoms in total. The van der Waals surface area contributed by atoms with Gasteiger partial charge >= 0.3 is 0 Å². The molecule has 1 fully saturated rings. The number of hydrogen-bond acceptors (Lipinski definition) is 5. The molecule has 7 heteroatoms. The van der Waals surface area contributed by atoms with Crippen LogP contribution in [0, 0.1) is 0 Å². The third kappa shape index (κ3) is 2.59. The molecule has 0 amide bonds. The van der Waals surface area contributed by atoms with Crippen LogP contribution >= 0.6 is 11.6 Å². The summed E-state index contributed by atoms with van der Waals surface area (Å²) >= 11 is 6.22. The van der Waals surface area contributed by atoms with Gasteiger partial charge in [0.2, 0.25) is 0 Å². The summed E-state index contributed by atoms with van der Waals surface area (Å²) in [4.78, 5) is 11.4. The Balaban J connectivity index is 1.68. The van der Waals surface area contributed by atoms with Crippen LogP contribution in [0.2, 0.25) is 5.15 Å². The summed E-state index contributed by atoms with van der Waals surface area (Å²) in [6.07, 6.45) is 2.34. The summed E-state index contributed by atoms with van der Waals surface area (Å²) in [6, 6.07) is 1.99. The molecule has 1 atom stereocenters. The molecule has 4 rings (SSSR count). The van der Waals surface area contributed by atoms with Crippen LogP contribution in [0.25, 0.3) is 0 Å². The van der Waals surface area contributed by atoms with E-state index in [9.17, 15) is 0 Å². The summed E-state index contributed by atoms with van der Waals surface area (Å²) in [5, 5.41) is 9.33. The molecule has 0 spiro atoms. The van der Waals surface area contributed by atoms with E-state index in [1.807, 2.05) is 6.07 Å². The van der Waals surface area contributed by atoms with Gasteiger partial charge in [-0.2, -0.15) is 0 Å². The van der Waals surface area contributed by atoms with Crippen molar-refractivity contribution < 1.29 is 0 Å². The van der Waals surface area contributed by atoms with E-state index in [-0.39, 0.29) is 6.04 Å². The fraction of sp³-hybridized carbons (Fsp3) is 0.625. The van der Waals surface area contributed by atoms with Crippen molar-refractivity contribution in [3.05, 3.63) is 28.7 Å². The van der Waals surface area contributed by atoms with Crippen LogP contribution in [0.4, 0.5) is 5.82 Å². The van der Waals surface area contributed by atoms with Crippen LogP contribution in [-0.2, 0) is 6.54 Å². The molecule has 0 bridgehead atoms. The number of fused-ring (bicyclic) bond motifs is 1. The van der Waals surface area contributed by atoms with Crippen LogP contribution in [-0.4, -0.2) is 31.3 Å². The number of hydrogen-bond donors (Lipinski definition) is 0. The third-order valence-electron chi connectivity index (χ3n) is 4.67. The average molecular weight is 333 g/mol. The molecule has 2 aromatic heterocycles. The van der Waals surface area contributed by atoms with Crippen LogP contribution in [0.5, 0.6) is 0 Å². The molecule has 3 heterocycles. The molecule has 0 radical (unpaired) electrons. The van der Waals surface area contributed by atoms with Gasteiger partial charge < -0.3 is 9.47 Å². The Labute approximate surface area is 140 Å². The molecule has 23 heavy (non-hydrogen) atoms. The van der Waals surface area contributed by atoms with Gasteiger partial charge in [0, 0.05) is 31.0 Å². The first-order valence-electron chi connectivity index (χ1n) is 8.28. The summed E-state index contributed by atoms with van der Waals surface area (Å²) in [5.74, 6) is 4.72. The second kappa shape index (κ2) is 5.44. The van der Waals surface area contributed by atoms with Crippen molar-refractivity contribution in [2.75, 3.05) is 11.4 Å². The molecule has 1 aliphatic carbocycles. The van der Waals surface area contributed by atoms with Crippen molar-refractivity contribution in [1.82, 2.24) is 24.7 Å². The summed E-state index contributed by atoms with van der Waals surface area (Å²) < 4.78 is 2.25. The molecular weight excluding hydrogens is 312 g/mol. The van der Waals surface area contributed by atoms with Gasteiger partial charge in [-0.1, -0.05) is 25.4 Å². The first-order valence-corrected chi connectivity index (χ1v) is 8.66. The van der Waals surface area contributed by atoms with Gasteiger partial charge in [-0.3, -0.25) is 0 Å². The smallest absolute Gasteiger partial charge is 0.155 e. The van der Waals surface area contributed by atoms with E-state index in [0.717, 1.165) is 36.4 Å². The zero-order valence-electron chi connectivity index (χ0n) is 13.7. The third-order valence-corrected chi connectivity index (χ3v) is 4.86. The average Bonchev–Trinajstić information content (AvgIpc) is 3.26. The minimum atomic E-state index is 0.127. The van der Waals surface area contributed by atoms with E-state index >= 15 is 0 Å². The Bertz CT molecular complexity index is 736. The van der Waals surface area contributed by atoms with Crippen LogP contribution < -0.4 is 4.90 Å². The van der Waals surface area contributed by atoms with Crippen molar-refractivity contribution in [1.29, 1.82) is 0 Å². The van der Waals surface area contributed by atoms with Gasteiger partial charge in [-0.15, -0.1) is 10.2 Å². The topological polar surface area (TPSA) is 59.7 Å². The van der Waals surface area contributed by atoms with Crippen molar-refractivity contribution in [3.63, 3.8) is 0 Å². The summed E-state index contributed by atoms with van der Waals surface area (Å²) in [6.45, 7) is 8.21. The second-order valence-corrected chi connectivity index (χ2v) is 7.16.